The van der Waals surface area contributed by atoms with E-state index < -0.39 is 65.3 Å². The summed E-state index contributed by atoms with van der Waals surface area (Å²) in [6.07, 6.45) is -2.04. The smallest absolute Gasteiger partial charge is 0.410 e. The Balaban J connectivity index is 1.28. The van der Waals surface area contributed by atoms with E-state index in [0.717, 1.165) is 0 Å². The Bertz CT molecular complexity index is 1500. The molecule has 9 N–H and O–H groups in total. The number of primary amides is 2. The lowest BCUT2D eigenvalue weighted by Gasteiger charge is -2.40. The molecule has 3 heterocycles. The van der Waals surface area contributed by atoms with Crippen LogP contribution >= 0.6 is 0 Å². The quantitative estimate of drug-likeness (QED) is 0.162. The van der Waals surface area contributed by atoms with Crippen LogP contribution in [0.1, 0.15) is 18.9 Å². The monoisotopic (exact) mass is 597 g/mol. The molecule has 2 fully saturated rings. The highest BCUT2D eigenvalue weighted by atomic mass is 16.6. The average Bonchev–Trinajstić information content (AvgIpc) is 3.47. The summed E-state index contributed by atoms with van der Waals surface area (Å²) in [5, 5.41) is 2.57. The largest absolute Gasteiger partial charge is 0.449 e. The average molecular weight is 598 g/mol. The molecule has 1 aromatic rings. The van der Waals surface area contributed by atoms with Gasteiger partial charge in [-0.05, 0) is 24.6 Å². The fraction of sp³-hybridized carbons (Fsp3) is 0.407. The van der Waals surface area contributed by atoms with Crippen molar-refractivity contribution in [1.82, 2.24) is 9.80 Å². The molecule has 4 aliphatic rings. The number of nitrogens with one attached hydrogen (secondary N) is 1. The maximum absolute atomic E-state index is 13.3. The van der Waals surface area contributed by atoms with Crippen molar-refractivity contribution >= 4 is 41.3 Å². The maximum Gasteiger partial charge on any atom is 0.410 e. The van der Waals surface area contributed by atoms with Gasteiger partial charge in [0.15, 0.2) is 5.72 Å². The second-order valence-electron chi connectivity index (χ2n) is 10.6. The Labute approximate surface area is 244 Å². The molecule has 2 saturated heterocycles. The standard InChI is InChI=1S/C27H31N7O9/c1-11-19(30)22(37)18-14(10-42-25(31)39)27(41-2)23-16(8-33(27)20(18)21(11)36)34(23)26(40)43-9-12-3-5-13(6-4-12)32-24(38)15(28)7-17(29)35/h3-6,14-16,23H,7-10,28,30H2,1-2H3,(H2,29,35)(H2,31,39)(H,32,38)/t14-,15+,16+,23?,27-,34?/m1/s1. The Hall–Kier alpha value is -4.96. The molecule has 5 rings (SSSR count). The van der Waals surface area contributed by atoms with Gasteiger partial charge in [-0.25, -0.2) is 9.59 Å². The molecule has 16 heteroatoms. The van der Waals surface area contributed by atoms with Crippen molar-refractivity contribution in [3.05, 3.63) is 52.4 Å². The van der Waals surface area contributed by atoms with Crippen LogP contribution in [0, 0.1) is 5.92 Å². The zero-order valence-corrected chi connectivity index (χ0v) is 23.3. The number of fused-ring (bicyclic) bond motifs is 4. The van der Waals surface area contributed by atoms with Crippen LogP contribution in [0.3, 0.4) is 0 Å². The summed E-state index contributed by atoms with van der Waals surface area (Å²) >= 11 is 0. The molecular formula is C27H31N7O9. The lowest BCUT2D eigenvalue weighted by Crippen LogP contribution is -2.56. The fourth-order valence-electron chi connectivity index (χ4n) is 6.17. The van der Waals surface area contributed by atoms with Crippen LogP contribution in [0.5, 0.6) is 0 Å². The predicted octanol–water partition coefficient (Wildman–Crippen LogP) is -1.46. The molecule has 1 aromatic carbocycles. The molecule has 0 bridgehead atoms. The first-order valence-corrected chi connectivity index (χ1v) is 13.3. The topological polar surface area (TPSA) is 252 Å². The van der Waals surface area contributed by atoms with Crippen molar-refractivity contribution in [2.24, 2.45) is 28.9 Å². The molecule has 1 aliphatic carbocycles. The van der Waals surface area contributed by atoms with E-state index in [1.165, 1.54) is 18.9 Å². The van der Waals surface area contributed by atoms with Crippen molar-refractivity contribution in [3.8, 4) is 0 Å². The number of hydrogen-bond donors (Lipinski definition) is 5. The molecule has 1 unspecified atom stereocenters. The Kier molecular flexibility index (Phi) is 7.35. The minimum atomic E-state index is -1.41. The number of ketones is 2. The summed E-state index contributed by atoms with van der Waals surface area (Å²) in [5.41, 5.74) is 21.5. The summed E-state index contributed by atoms with van der Waals surface area (Å²) < 4.78 is 16.6. The molecule has 228 valence electrons. The van der Waals surface area contributed by atoms with E-state index in [4.69, 9.17) is 37.1 Å². The van der Waals surface area contributed by atoms with Gasteiger partial charge in [0.25, 0.3) is 0 Å². The first-order chi connectivity index (χ1) is 20.3. The zero-order valence-electron chi connectivity index (χ0n) is 23.3. The van der Waals surface area contributed by atoms with Gasteiger partial charge in [-0.2, -0.15) is 0 Å². The van der Waals surface area contributed by atoms with Gasteiger partial charge in [-0.3, -0.25) is 24.1 Å². The number of rotatable bonds is 9. The number of carbonyl (C=O) groups excluding carboxylic acids is 6. The second-order valence-corrected chi connectivity index (χ2v) is 10.6. The molecule has 43 heavy (non-hydrogen) atoms. The lowest BCUT2D eigenvalue weighted by molar-refractivity contribution is -0.144. The van der Waals surface area contributed by atoms with E-state index >= 15 is 0 Å². The van der Waals surface area contributed by atoms with Crippen LogP contribution in [0.15, 0.2) is 46.8 Å². The van der Waals surface area contributed by atoms with Crippen LogP contribution in [0.25, 0.3) is 0 Å². The third-order valence-corrected chi connectivity index (χ3v) is 8.24. The minimum Gasteiger partial charge on any atom is -0.449 e. The first-order valence-electron chi connectivity index (χ1n) is 13.3. The van der Waals surface area contributed by atoms with E-state index in [1.807, 2.05) is 0 Å². The van der Waals surface area contributed by atoms with Crippen molar-refractivity contribution in [1.29, 1.82) is 0 Å². The van der Waals surface area contributed by atoms with E-state index in [-0.39, 0.29) is 48.7 Å². The highest BCUT2D eigenvalue weighted by molar-refractivity contribution is 6.25. The molecule has 0 radical (unpaired) electrons. The Morgan fingerprint density at radius 3 is 2.37 bits per heavy atom. The number of nitrogens with zero attached hydrogens (tertiary/aromatic N) is 2. The summed E-state index contributed by atoms with van der Waals surface area (Å²) in [5.74, 6) is -3.25. The molecule has 5 atom stereocenters. The summed E-state index contributed by atoms with van der Waals surface area (Å²) in [6, 6.07) is 4.28. The number of Topliss-reactive ketones (excluding diaryl/α,β-unsaturated/α-hetero) is 2. The van der Waals surface area contributed by atoms with Crippen molar-refractivity contribution in [2.75, 3.05) is 25.6 Å². The molecule has 16 nitrogen and oxygen atoms in total. The predicted molar refractivity (Wildman–Crippen MR) is 146 cm³/mol. The highest BCUT2D eigenvalue weighted by Crippen LogP contribution is 2.59. The van der Waals surface area contributed by atoms with Crippen LogP contribution in [-0.2, 0) is 40.0 Å². The first kappa shape index (κ1) is 29.5. The molecule has 0 spiro atoms. The molecule has 4 amide bonds. The van der Waals surface area contributed by atoms with Gasteiger partial charge in [-0.1, -0.05) is 12.1 Å². The van der Waals surface area contributed by atoms with E-state index in [2.05, 4.69) is 5.32 Å². The van der Waals surface area contributed by atoms with Crippen LogP contribution in [-0.4, -0.2) is 89.5 Å². The van der Waals surface area contributed by atoms with Crippen molar-refractivity contribution < 1.29 is 43.0 Å². The summed E-state index contributed by atoms with van der Waals surface area (Å²) in [7, 11) is 1.38. The molecular weight excluding hydrogens is 566 g/mol. The summed E-state index contributed by atoms with van der Waals surface area (Å²) in [4.78, 5) is 77.4. The van der Waals surface area contributed by atoms with Gasteiger partial charge < -0.3 is 47.4 Å². The number of allylic oxidation sites excluding steroid dienone is 2. The normalized spacial score (nSPS) is 26.1. The number of carbonyl (C=O) groups is 6. The third kappa shape index (κ3) is 4.73. The van der Waals surface area contributed by atoms with Gasteiger partial charge >= 0.3 is 12.2 Å². The lowest BCUT2D eigenvalue weighted by atomic mass is 9.82. The number of methoxy groups -OCH3 is 1. The number of hydrogen-bond acceptors (Lipinski definition) is 12. The minimum absolute atomic E-state index is 0.0534. The van der Waals surface area contributed by atoms with Gasteiger partial charge in [0, 0.05) is 30.5 Å². The fourth-order valence-corrected chi connectivity index (χ4v) is 6.17. The van der Waals surface area contributed by atoms with Crippen molar-refractivity contribution in [2.45, 2.75) is 43.8 Å². The van der Waals surface area contributed by atoms with E-state index in [0.29, 0.717) is 11.3 Å². The Morgan fingerprint density at radius 2 is 1.77 bits per heavy atom. The second kappa shape index (κ2) is 10.7. The van der Waals surface area contributed by atoms with E-state index in [9.17, 15) is 28.8 Å². The highest BCUT2D eigenvalue weighted by Gasteiger charge is 2.78. The number of benzene rings is 1. The van der Waals surface area contributed by atoms with Gasteiger partial charge in [0.1, 0.15) is 19.3 Å². The van der Waals surface area contributed by atoms with Crippen LogP contribution in [0.2, 0.25) is 0 Å². The number of amides is 4. The van der Waals surface area contributed by atoms with Gasteiger partial charge in [0.05, 0.1) is 35.8 Å². The molecule has 0 aromatic heterocycles. The number of piperazine rings is 1. The van der Waals surface area contributed by atoms with E-state index in [1.54, 1.807) is 29.2 Å². The maximum atomic E-state index is 13.3. The number of nitrogens with two attached hydrogens (primary N) is 4. The zero-order chi connectivity index (χ0) is 31.4. The van der Waals surface area contributed by atoms with Crippen LogP contribution in [0.4, 0.5) is 15.3 Å². The van der Waals surface area contributed by atoms with Crippen molar-refractivity contribution in [3.63, 3.8) is 0 Å². The summed E-state index contributed by atoms with van der Waals surface area (Å²) in [6.45, 7) is 1.14. The number of ether oxygens (including phenoxy) is 3. The molecule has 3 aliphatic heterocycles. The van der Waals surface area contributed by atoms with Gasteiger partial charge in [-0.15, -0.1) is 0 Å². The number of anilines is 1. The Morgan fingerprint density at radius 1 is 1.09 bits per heavy atom. The molecule has 0 saturated carbocycles. The van der Waals surface area contributed by atoms with Crippen LogP contribution < -0.4 is 28.3 Å². The van der Waals surface area contributed by atoms with Gasteiger partial charge in [0.2, 0.25) is 23.4 Å². The SMILES string of the molecule is CO[C@]12C3[C@H](CN1C1=C(C(=O)C(N)=C(C)C1=O)[C@H]2COC(N)=O)N3C(=O)OCc1ccc(NC(=O)[C@@H](N)CC(N)=O)cc1. The third-order valence-electron chi connectivity index (χ3n) is 8.24.